The lowest BCUT2D eigenvalue weighted by Gasteiger charge is -2.09. The topological polar surface area (TPSA) is 111 Å². The molecule has 0 saturated carbocycles. The summed E-state index contributed by atoms with van der Waals surface area (Å²) in [6, 6.07) is 16.3. The molecule has 8 heteroatoms. The number of nitrogens with two attached hydrogens (primary N) is 1. The van der Waals surface area contributed by atoms with Crippen molar-refractivity contribution in [2.24, 2.45) is 5.73 Å². The van der Waals surface area contributed by atoms with Crippen molar-refractivity contribution in [3.8, 4) is 22.5 Å². The Morgan fingerprint density at radius 3 is 2.48 bits per heavy atom. The highest BCUT2D eigenvalue weighted by atomic mass is 15.5. The van der Waals surface area contributed by atoms with Crippen LogP contribution in [0.3, 0.4) is 0 Å². The maximum atomic E-state index is 5.97. The van der Waals surface area contributed by atoms with Crippen LogP contribution in [-0.2, 0) is 13.0 Å². The van der Waals surface area contributed by atoms with Crippen LogP contribution in [-0.4, -0.2) is 35.4 Å². The van der Waals surface area contributed by atoms with Crippen LogP contribution in [0.5, 0.6) is 0 Å². The van der Waals surface area contributed by atoms with Crippen molar-refractivity contribution in [3.63, 3.8) is 0 Å². The highest BCUT2D eigenvalue weighted by Gasteiger charge is 2.14. The first-order chi connectivity index (χ1) is 14.2. The van der Waals surface area contributed by atoms with E-state index in [1.807, 2.05) is 29.8 Å². The van der Waals surface area contributed by atoms with Crippen LogP contribution in [0.1, 0.15) is 43.5 Å². The SMILES string of the molecule is CCCc1nc(C(C)N)nn1Cc1ccc(-c2ccccc2-c2nn[nH]n2)cc1. The fourth-order valence-electron chi connectivity index (χ4n) is 3.29. The highest BCUT2D eigenvalue weighted by molar-refractivity contribution is 5.80. The second-order valence-corrected chi connectivity index (χ2v) is 7.06. The zero-order valence-corrected chi connectivity index (χ0v) is 16.6. The average molecular weight is 388 g/mol. The molecule has 0 amide bonds. The van der Waals surface area contributed by atoms with Crippen LogP contribution in [0.25, 0.3) is 22.5 Å². The lowest BCUT2D eigenvalue weighted by Crippen LogP contribution is -2.09. The van der Waals surface area contributed by atoms with E-state index < -0.39 is 0 Å². The molecule has 4 rings (SSSR count). The van der Waals surface area contributed by atoms with Crippen molar-refractivity contribution in [2.45, 2.75) is 39.3 Å². The van der Waals surface area contributed by atoms with E-state index in [0.717, 1.165) is 40.9 Å². The molecule has 0 fully saturated rings. The van der Waals surface area contributed by atoms with Crippen molar-refractivity contribution in [3.05, 3.63) is 65.7 Å². The Morgan fingerprint density at radius 2 is 1.83 bits per heavy atom. The lowest BCUT2D eigenvalue weighted by molar-refractivity contribution is 0.616. The van der Waals surface area contributed by atoms with E-state index in [2.05, 4.69) is 68.0 Å². The van der Waals surface area contributed by atoms with Gasteiger partial charge in [0.05, 0.1) is 12.6 Å². The minimum Gasteiger partial charge on any atom is -0.321 e. The van der Waals surface area contributed by atoms with E-state index in [1.54, 1.807) is 0 Å². The van der Waals surface area contributed by atoms with Crippen LogP contribution >= 0.6 is 0 Å². The first-order valence-corrected chi connectivity index (χ1v) is 9.77. The van der Waals surface area contributed by atoms with Gasteiger partial charge in [0.1, 0.15) is 5.82 Å². The summed E-state index contributed by atoms with van der Waals surface area (Å²) in [5, 5.41) is 19.0. The number of aromatic amines is 1. The molecule has 29 heavy (non-hydrogen) atoms. The molecule has 1 unspecified atom stereocenters. The van der Waals surface area contributed by atoms with Crippen molar-refractivity contribution < 1.29 is 0 Å². The third-order valence-corrected chi connectivity index (χ3v) is 4.76. The molecule has 0 aliphatic rings. The Morgan fingerprint density at radius 1 is 1.07 bits per heavy atom. The second kappa shape index (κ2) is 8.32. The molecule has 1 atom stereocenters. The normalized spacial score (nSPS) is 12.2. The Kier molecular flexibility index (Phi) is 5.44. The van der Waals surface area contributed by atoms with Gasteiger partial charge in [0.25, 0.3) is 0 Å². The number of aryl methyl sites for hydroxylation is 1. The van der Waals surface area contributed by atoms with Crippen LogP contribution in [0.2, 0.25) is 0 Å². The Labute approximate surface area is 169 Å². The Balaban J connectivity index is 1.60. The van der Waals surface area contributed by atoms with Gasteiger partial charge < -0.3 is 5.73 Å². The third kappa shape index (κ3) is 4.07. The summed E-state index contributed by atoms with van der Waals surface area (Å²) in [6.45, 7) is 4.72. The number of hydrogen-bond donors (Lipinski definition) is 2. The number of nitrogens with one attached hydrogen (secondary N) is 1. The number of hydrogen-bond acceptors (Lipinski definition) is 6. The molecule has 0 aliphatic heterocycles. The maximum absolute atomic E-state index is 5.97. The van der Waals surface area contributed by atoms with Gasteiger partial charge in [0.15, 0.2) is 5.82 Å². The van der Waals surface area contributed by atoms with Gasteiger partial charge in [-0.25, -0.2) is 9.67 Å². The molecule has 0 spiro atoms. The molecule has 2 aromatic carbocycles. The molecule has 4 aromatic rings. The van der Waals surface area contributed by atoms with Crippen LogP contribution in [0, 0.1) is 0 Å². The number of nitrogens with zero attached hydrogens (tertiary/aromatic N) is 6. The van der Waals surface area contributed by atoms with Crippen LogP contribution in [0.15, 0.2) is 48.5 Å². The zero-order chi connectivity index (χ0) is 20.2. The second-order valence-electron chi connectivity index (χ2n) is 7.06. The zero-order valence-electron chi connectivity index (χ0n) is 16.6. The van der Waals surface area contributed by atoms with E-state index in [-0.39, 0.29) is 6.04 Å². The van der Waals surface area contributed by atoms with Gasteiger partial charge in [-0.2, -0.15) is 10.3 Å². The Hall–Kier alpha value is -3.39. The summed E-state index contributed by atoms with van der Waals surface area (Å²) < 4.78 is 1.96. The summed E-state index contributed by atoms with van der Waals surface area (Å²) in [5.41, 5.74) is 10.2. The van der Waals surface area contributed by atoms with Gasteiger partial charge in [-0.1, -0.05) is 55.5 Å². The van der Waals surface area contributed by atoms with Crippen molar-refractivity contribution in [1.82, 2.24) is 35.4 Å². The number of aromatic nitrogens is 7. The number of benzene rings is 2. The summed E-state index contributed by atoms with van der Waals surface area (Å²) in [6.07, 6.45) is 1.90. The molecule has 0 radical (unpaired) electrons. The van der Waals surface area contributed by atoms with E-state index in [1.165, 1.54) is 0 Å². The first kappa shape index (κ1) is 18.9. The van der Waals surface area contributed by atoms with Gasteiger partial charge in [0, 0.05) is 12.0 Å². The summed E-state index contributed by atoms with van der Waals surface area (Å²) in [7, 11) is 0. The van der Waals surface area contributed by atoms with Gasteiger partial charge in [-0.3, -0.25) is 0 Å². The van der Waals surface area contributed by atoms with Crippen molar-refractivity contribution in [2.75, 3.05) is 0 Å². The molecule has 0 aliphatic carbocycles. The highest BCUT2D eigenvalue weighted by Crippen LogP contribution is 2.29. The fraction of sp³-hybridized carbons (Fsp3) is 0.286. The Bertz CT molecular complexity index is 1060. The molecule has 0 bridgehead atoms. The van der Waals surface area contributed by atoms with E-state index in [0.29, 0.717) is 18.2 Å². The summed E-state index contributed by atoms with van der Waals surface area (Å²) in [5.74, 6) is 2.25. The first-order valence-electron chi connectivity index (χ1n) is 9.77. The van der Waals surface area contributed by atoms with Gasteiger partial charge in [-0.15, -0.1) is 10.2 Å². The van der Waals surface area contributed by atoms with Crippen LogP contribution in [0.4, 0.5) is 0 Å². The molecular weight excluding hydrogens is 364 g/mol. The van der Waals surface area contributed by atoms with E-state index >= 15 is 0 Å². The van der Waals surface area contributed by atoms with Crippen LogP contribution < -0.4 is 5.73 Å². The van der Waals surface area contributed by atoms with Gasteiger partial charge in [0.2, 0.25) is 5.82 Å². The number of rotatable bonds is 7. The van der Waals surface area contributed by atoms with Crippen molar-refractivity contribution >= 4 is 0 Å². The monoisotopic (exact) mass is 388 g/mol. The molecule has 0 saturated heterocycles. The minimum absolute atomic E-state index is 0.170. The average Bonchev–Trinajstić information content (AvgIpc) is 3.40. The summed E-state index contributed by atoms with van der Waals surface area (Å²) >= 11 is 0. The number of H-pyrrole nitrogens is 1. The summed E-state index contributed by atoms with van der Waals surface area (Å²) in [4.78, 5) is 4.60. The molecule has 3 N–H and O–H groups in total. The predicted molar refractivity (Wildman–Crippen MR) is 111 cm³/mol. The van der Waals surface area contributed by atoms with Crippen molar-refractivity contribution in [1.29, 1.82) is 0 Å². The lowest BCUT2D eigenvalue weighted by atomic mass is 9.98. The van der Waals surface area contributed by atoms with Gasteiger partial charge in [-0.05, 0) is 35.2 Å². The fourth-order valence-corrected chi connectivity index (χ4v) is 3.29. The minimum atomic E-state index is -0.170. The van der Waals surface area contributed by atoms with E-state index in [9.17, 15) is 0 Å². The molecular formula is C21H24N8. The molecule has 8 nitrogen and oxygen atoms in total. The van der Waals surface area contributed by atoms with E-state index in [4.69, 9.17) is 5.73 Å². The molecule has 148 valence electrons. The quantitative estimate of drug-likeness (QED) is 0.503. The third-order valence-electron chi connectivity index (χ3n) is 4.76. The molecule has 2 aromatic heterocycles. The maximum Gasteiger partial charge on any atom is 0.205 e. The van der Waals surface area contributed by atoms with Gasteiger partial charge >= 0.3 is 0 Å². The molecule has 2 heterocycles. The standard InChI is InChI=1S/C21H24N8/c1-3-6-19-23-20(14(2)22)26-29(19)13-15-9-11-16(12-10-15)17-7-4-5-8-18(17)21-24-27-28-25-21/h4-5,7-12,14H,3,6,13,22H2,1-2H3,(H,24,25,27,28). The smallest absolute Gasteiger partial charge is 0.205 e. The number of tetrazole rings is 1. The largest absolute Gasteiger partial charge is 0.321 e. The predicted octanol–water partition coefficient (Wildman–Crippen LogP) is 3.15.